The molecule has 0 unspecified atom stereocenters. The molecular weight excluding hydrogens is 348 g/mol. The van der Waals surface area contributed by atoms with E-state index in [-0.39, 0.29) is 17.9 Å². The molecule has 0 amide bonds. The Kier molecular flexibility index (Phi) is 4.35. The third kappa shape index (κ3) is 3.09. The topological polar surface area (TPSA) is 55.8 Å². The molecule has 3 rings (SSSR count). The first-order valence-corrected chi connectivity index (χ1v) is 8.60. The lowest BCUT2D eigenvalue weighted by atomic mass is 9.92. The summed E-state index contributed by atoms with van der Waals surface area (Å²) in [5, 5.41) is 9.15. The monoisotopic (exact) mass is 368 g/mol. The largest absolute Gasteiger partial charge is 0.492 e. The summed E-state index contributed by atoms with van der Waals surface area (Å²) < 4.78 is 12.4. The van der Waals surface area contributed by atoms with Crippen LogP contribution in [0.3, 0.4) is 0 Å². The van der Waals surface area contributed by atoms with E-state index >= 15 is 0 Å². The van der Waals surface area contributed by atoms with E-state index in [1.165, 1.54) is 12.8 Å². The van der Waals surface area contributed by atoms with E-state index in [9.17, 15) is 4.79 Å². The average molecular weight is 369 g/mol. The van der Waals surface area contributed by atoms with Crippen LogP contribution in [0.25, 0.3) is 0 Å². The van der Waals surface area contributed by atoms with Crippen LogP contribution >= 0.6 is 15.9 Å². The van der Waals surface area contributed by atoms with Crippen molar-refractivity contribution in [3.63, 3.8) is 0 Å². The molecule has 2 aliphatic rings. The SMILES string of the molecule is COc1c(Br)cc(C2(CC(=O)O)CC2)cc1OC1CCCC1. The smallest absolute Gasteiger partial charge is 0.304 e. The minimum Gasteiger partial charge on any atom is -0.492 e. The number of carboxylic acid groups (broad SMARTS) is 1. The van der Waals surface area contributed by atoms with Crippen LogP contribution in [0.15, 0.2) is 16.6 Å². The first-order chi connectivity index (χ1) is 10.5. The summed E-state index contributed by atoms with van der Waals surface area (Å²) in [6.07, 6.45) is 6.81. The normalized spacial score (nSPS) is 19.9. The van der Waals surface area contributed by atoms with Gasteiger partial charge in [-0.05, 0) is 72.2 Å². The van der Waals surface area contributed by atoms with E-state index in [1.54, 1.807) is 7.11 Å². The van der Waals surface area contributed by atoms with Crippen molar-refractivity contribution >= 4 is 21.9 Å². The van der Waals surface area contributed by atoms with Crippen LogP contribution in [0.5, 0.6) is 11.5 Å². The number of carbonyl (C=O) groups is 1. The highest BCUT2D eigenvalue weighted by atomic mass is 79.9. The third-order valence-corrected chi connectivity index (χ3v) is 5.35. The molecule has 2 fully saturated rings. The maximum Gasteiger partial charge on any atom is 0.304 e. The van der Waals surface area contributed by atoms with Gasteiger partial charge in [-0.25, -0.2) is 0 Å². The van der Waals surface area contributed by atoms with Gasteiger partial charge in [-0.1, -0.05) is 0 Å². The molecule has 0 spiro atoms. The van der Waals surface area contributed by atoms with Gasteiger partial charge in [0.25, 0.3) is 0 Å². The van der Waals surface area contributed by atoms with Crippen LogP contribution in [0.2, 0.25) is 0 Å². The third-order valence-electron chi connectivity index (χ3n) is 4.77. The highest BCUT2D eigenvalue weighted by molar-refractivity contribution is 9.10. The second-order valence-corrected chi connectivity index (χ2v) is 7.22. The minimum absolute atomic E-state index is 0.175. The lowest BCUT2D eigenvalue weighted by Crippen LogP contribution is -2.15. The van der Waals surface area contributed by atoms with Crippen LogP contribution in [-0.4, -0.2) is 24.3 Å². The van der Waals surface area contributed by atoms with Gasteiger partial charge >= 0.3 is 5.97 Å². The van der Waals surface area contributed by atoms with Crippen LogP contribution in [0.4, 0.5) is 0 Å². The van der Waals surface area contributed by atoms with Crippen molar-refractivity contribution in [2.75, 3.05) is 7.11 Å². The summed E-state index contributed by atoms with van der Waals surface area (Å²) in [5.41, 5.74) is 0.810. The van der Waals surface area contributed by atoms with E-state index in [1.807, 2.05) is 12.1 Å². The summed E-state index contributed by atoms with van der Waals surface area (Å²) in [6, 6.07) is 3.97. The first kappa shape index (κ1) is 15.7. The molecule has 0 heterocycles. The zero-order valence-corrected chi connectivity index (χ0v) is 14.3. The Morgan fingerprint density at radius 2 is 2.05 bits per heavy atom. The quantitative estimate of drug-likeness (QED) is 0.813. The number of carboxylic acids is 1. The van der Waals surface area contributed by atoms with E-state index in [2.05, 4.69) is 15.9 Å². The molecule has 0 radical (unpaired) electrons. The van der Waals surface area contributed by atoms with Gasteiger partial charge in [0.15, 0.2) is 11.5 Å². The molecule has 0 saturated heterocycles. The Morgan fingerprint density at radius 3 is 2.59 bits per heavy atom. The van der Waals surface area contributed by atoms with Crippen molar-refractivity contribution in [3.8, 4) is 11.5 Å². The molecule has 1 aromatic rings. The van der Waals surface area contributed by atoms with Crippen LogP contribution in [-0.2, 0) is 10.2 Å². The average Bonchev–Trinajstić information content (AvgIpc) is 3.04. The van der Waals surface area contributed by atoms with E-state index in [4.69, 9.17) is 14.6 Å². The molecule has 0 bridgehead atoms. The number of hydrogen-bond acceptors (Lipinski definition) is 3. The van der Waals surface area contributed by atoms with Crippen LogP contribution in [0, 0.1) is 0 Å². The standard InChI is InChI=1S/C17H21BrO4/c1-21-16-13(18)8-11(17(6-7-17)10-15(19)20)9-14(16)22-12-4-2-3-5-12/h8-9,12H,2-7,10H2,1H3,(H,19,20). The van der Waals surface area contributed by atoms with Crippen molar-refractivity contribution in [1.82, 2.24) is 0 Å². The summed E-state index contributed by atoms with van der Waals surface area (Å²) in [4.78, 5) is 11.1. The zero-order chi connectivity index (χ0) is 15.7. The number of hydrogen-bond donors (Lipinski definition) is 1. The Morgan fingerprint density at radius 1 is 1.36 bits per heavy atom. The fourth-order valence-corrected chi connectivity index (χ4v) is 3.96. The second kappa shape index (κ2) is 6.11. The predicted octanol–water partition coefficient (Wildman–Crippen LogP) is 4.29. The van der Waals surface area contributed by atoms with Crippen LogP contribution in [0.1, 0.15) is 50.5 Å². The van der Waals surface area contributed by atoms with Gasteiger partial charge in [-0.3, -0.25) is 4.79 Å². The number of methoxy groups -OCH3 is 1. The van der Waals surface area contributed by atoms with E-state index < -0.39 is 5.97 Å². The minimum atomic E-state index is -0.747. The summed E-state index contributed by atoms with van der Waals surface area (Å²) in [6.45, 7) is 0. The number of ether oxygens (including phenoxy) is 2. The molecular formula is C17H21BrO4. The molecule has 0 atom stereocenters. The number of aliphatic carboxylic acids is 1. The molecule has 22 heavy (non-hydrogen) atoms. The van der Waals surface area contributed by atoms with Gasteiger partial charge in [0, 0.05) is 5.41 Å². The summed E-state index contributed by atoms with van der Waals surface area (Å²) in [5.74, 6) is 0.680. The summed E-state index contributed by atoms with van der Waals surface area (Å²) >= 11 is 3.54. The maximum atomic E-state index is 11.1. The maximum absolute atomic E-state index is 11.1. The number of rotatable bonds is 6. The fourth-order valence-electron chi connectivity index (χ4n) is 3.35. The Bertz CT molecular complexity index is 574. The Balaban J connectivity index is 1.91. The Hall–Kier alpha value is -1.23. The van der Waals surface area contributed by atoms with Crippen LogP contribution < -0.4 is 9.47 Å². The van der Waals surface area contributed by atoms with Gasteiger partial charge in [0.2, 0.25) is 0 Å². The molecule has 120 valence electrons. The molecule has 0 aliphatic heterocycles. The van der Waals surface area contributed by atoms with Gasteiger partial charge in [0.05, 0.1) is 24.1 Å². The van der Waals surface area contributed by atoms with Gasteiger partial charge in [-0.15, -0.1) is 0 Å². The van der Waals surface area contributed by atoms with Crippen molar-refractivity contribution in [1.29, 1.82) is 0 Å². The van der Waals surface area contributed by atoms with Crippen molar-refractivity contribution < 1.29 is 19.4 Å². The van der Waals surface area contributed by atoms with Gasteiger partial charge < -0.3 is 14.6 Å². The summed E-state index contributed by atoms with van der Waals surface area (Å²) in [7, 11) is 1.63. The molecule has 4 nitrogen and oxygen atoms in total. The van der Waals surface area contributed by atoms with E-state index in [0.717, 1.165) is 41.5 Å². The predicted molar refractivity (Wildman–Crippen MR) is 86.7 cm³/mol. The highest BCUT2D eigenvalue weighted by Gasteiger charge is 2.46. The lowest BCUT2D eigenvalue weighted by Gasteiger charge is -2.21. The fraction of sp³-hybridized carbons (Fsp3) is 0.588. The Labute approximate surface area is 138 Å². The zero-order valence-electron chi connectivity index (χ0n) is 12.7. The molecule has 2 saturated carbocycles. The second-order valence-electron chi connectivity index (χ2n) is 6.36. The molecule has 2 aliphatic carbocycles. The lowest BCUT2D eigenvalue weighted by molar-refractivity contribution is -0.137. The highest BCUT2D eigenvalue weighted by Crippen LogP contribution is 2.53. The number of benzene rings is 1. The van der Waals surface area contributed by atoms with Crippen molar-refractivity contribution in [2.24, 2.45) is 0 Å². The molecule has 1 N–H and O–H groups in total. The van der Waals surface area contributed by atoms with Gasteiger partial charge in [-0.2, -0.15) is 0 Å². The molecule has 0 aromatic heterocycles. The van der Waals surface area contributed by atoms with Crippen molar-refractivity contribution in [2.45, 2.75) is 56.5 Å². The van der Waals surface area contributed by atoms with Crippen molar-refractivity contribution in [3.05, 3.63) is 22.2 Å². The van der Waals surface area contributed by atoms with E-state index in [0.29, 0.717) is 5.75 Å². The first-order valence-electron chi connectivity index (χ1n) is 7.80. The number of halogens is 1. The van der Waals surface area contributed by atoms with Gasteiger partial charge in [0.1, 0.15) is 0 Å². The molecule has 5 heteroatoms. The molecule has 1 aromatic carbocycles.